The molecule has 1 aromatic heterocycles. The highest BCUT2D eigenvalue weighted by Gasteiger charge is 2.37. The summed E-state index contributed by atoms with van der Waals surface area (Å²) in [5.74, 6) is 0. The van der Waals surface area contributed by atoms with Crippen molar-refractivity contribution in [1.29, 1.82) is 0 Å². The first-order valence-electron chi connectivity index (χ1n) is 23.4. The van der Waals surface area contributed by atoms with E-state index < -0.39 is 0 Å². The maximum atomic E-state index is 4.32. The number of aromatic nitrogens is 1. The lowest BCUT2D eigenvalue weighted by atomic mass is 9.81. The van der Waals surface area contributed by atoms with Gasteiger partial charge in [-0.1, -0.05) is 178 Å². The highest BCUT2D eigenvalue weighted by molar-refractivity contribution is 7.99. The molecule has 1 heterocycles. The van der Waals surface area contributed by atoms with E-state index in [1.54, 1.807) is 0 Å². The van der Waals surface area contributed by atoms with E-state index in [9.17, 15) is 0 Å². The van der Waals surface area contributed by atoms with E-state index in [4.69, 9.17) is 0 Å². The molecule has 0 saturated heterocycles. The van der Waals surface area contributed by atoms with Crippen LogP contribution in [0.25, 0.3) is 73.2 Å². The van der Waals surface area contributed by atoms with Gasteiger partial charge in [0.05, 0.1) is 11.2 Å². The van der Waals surface area contributed by atoms with Crippen LogP contribution in [0.2, 0.25) is 0 Å². The minimum atomic E-state index is -0.154. The minimum absolute atomic E-state index is 0.154. The predicted molar refractivity (Wildman–Crippen MR) is 292 cm³/mol. The number of fused-ring (bicyclic) bond motifs is 4. The van der Waals surface area contributed by atoms with Gasteiger partial charge in [-0.3, -0.25) is 0 Å². The van der Waals surface area contributed by atoms with Crippen LogP contribution in [0.1, 0.15) is 47.4 Å². The van der Waals surface area contributed by atoms with Crippen LogP contribution < -0.4 is 4.90 Å². The van der Waals surface area contributed by atoms with E-state index in [2.05, 4.69) is 257 Å². The van der Waals surface area contributed by atoms with Gasteiger partial charge in [0.25, 0.3) is 0 Å². The molecule has 10 aromatic rings. The number of hydrogen-bond donors (Lipinski definition) is 0. The van der Waals surface area contributed by atoms with Crippen molar-refractivity contribution >= 4 is 51.9 Å². The zero-order valence-corrected chi connectivity index (χ0v) is 39.8. The maximum Gasteiger partial charge on any atom is 0.0547 e. The van der Waals surface area contributed by atoms with Crippen LogP contribution in [0.15, 0.2) is 229 Å². The minimum Gasteiger partial charge on any atom is -0.311 e. The van der Waals surface area contributed by atoms with Crippen LogP contribution in [0.4, 0.5) is 17.1 Å². The summed E-state index contributed by atoms with van der Waals surface area (Å²) in [6, 6.07) is 75.1. The Morgan fingerprint density at radius 3 is 1.41 bits per heavy atom. The largest absolute Gasteiger partial charge is 0.311 e. The SMILES string of the molecule is C=Cc1c(C=C)n(-c2ccc(-c3ccc(N(c4ccc(-c5ccccc5)cc4)c4ccc(-c5ccccc5)cc4)cc3)cc2)c2cc3c(cc12)C(C)(C)c1cc(C)c(Sc2ccccc2C)cc1-3. The van der Waals surface area contributed by atoms with E-state index >= 15 is 0 Å². The van der Waals surface area contributed by atoms with Gasteiger partial charge in [0.1, 0.15) is 0 Å². The molecule has 0 saturated carbocycles. The van der Waals surface area contributed by atoms with Crippen molar-refractivity contribution in [3.8, 4) is 50.2 Å². The summed E-state index contributed by atoms with van der Waals surface area (Å²) in [7, 11) is 0. The summed E-state index contributed by atoms with van der Waals surface area (Å²) in [5, 5.41) is 1.19. The lowest BCUT2D eigenvalue weighted by Crippen LogP contribution is -2.15. The molecule has 2 nitrogen and oxygen atoms in total. The molecule has 0 radical (unpaired) electrons. The van der Waals surface area contributed by atoms with Crippen molar-refractivity contribution < 1.29 is 0 Å². The fraction of sp³-hybridized carbons (Fsp3) is 0.0769. The number of nitrogens with zero attached hydrogens (tertiary/aromatic N) is 2. The standard InChI is InChI=1S/C65H52N2S/c1-7-55-58-40-60-56(57-42-64(44(4)39-59(57)65(60,5)6)68-63-22-16-15-17-43(63)3)41-62(58)67(61(55)8-2)54-37-29-50(30-38-54)49-27-35-53(36-28-49)66(51-31-23-47(24-32-51)45-18-11-9-12-19-45)52-33-25-48(26-34-52)46-20-13-10-14-21-46/h7-42H,1-2H2,3-6H3. The average molecular weight is 893 g/mol. The Morgan fingerprint density at radius 1 is 0.456 bits per heavy atom. The molecule has 0 aliphatic heterocycles. The maximum absolute atomic E-state index is 4.32. The van der Waals surface area contributed by atoms with Crippen LogP contribution in [-0.2, 0) is 5.41 Å². The lowest BCUT2D eigenvalue weighted by Gasteiger charge is -2.26. The summed E-state index contributed by atoms with van der Waals surface area (Å²) in [6.45, 7) is 17.8. The van der Waals surface area contributed by atoms with Gasteiger partial charge < -0.3 is 9.47 Å². The predicted octanol–water partition coefficient (Wildman–Crippen LogP) is 18.5. The van der Waals surface area contributed by atoms with E-state index in [0.717, 1.165) is 50.7 Å². The molecule has 1 aliphatic carbocycles. The van der Waals surface area contributed by atoms with Crippen LogP contribution in [-0.4, -0.2) is 4.57 Å². The average Bonchev–Trinajstić information content (AvgIpc) is 3.81. The van der Waals surface area contributed by atoms with Crippen LogP contribution >= 0.6 is 11.8 Å². The summed E-state index contributed by atoms with van der Waals surface area (Å²) in [4.78, 5) is 4.92. The molecular weight excluding hydrogens is 841 g/mol. The van der Waals surface area contributed by atoms with Gasteiger partial charge in [0, 0.05) is 48.9 Å². The smallest absolute Gasteiger partial charge is 0.0547 e. The number of anilines is 3. The molecule has 11 rings (SSSR count). The van der Waals surface area contributed by atoms with E-state index in [-0.39, 0.29) is 5.41 Å². The Bertz CT molecular complexity index is 3420. The number of rotatable bonds is 11. The first-order valence-corrected chi connectivity index (χ1v) is 24.2. The number of aryl methyl sites for hydroxylation is 2. The summed E-state index contributed by atoms with van der Waals surface area (Å²) < 4.78 is 2.36. The molecule has 0 spiro atoms. The molecule has 0 atom stereocenters. The molecular formula is C65H52N2S. The van der Waals surface area contributed by atoms with Crippen molar-refractivity contribution in [1.82, 2.24) is 4.57 Å². The monoisotopic (exact) mass is 892 g/mol. The normalized spacial score (nSPS) is 12.4. The Labute approximate surface area is 405 Å². The van der Waals surface area contributed by atoms with Gasteiger partial charge in [-0.25, -0.2) is 0 Å². The Morgan fingerprint density at radius 2 is 0.912 bits per heavy atom. The zero-order valence-electron chi connectivity index (χ0n) is 39.0. The highest BCUT2D eigenvalue weighted by Crippen LogP contribution is 2.53. The van der Waals surface area contributed by atoms with Crippen molar-refractivity contribution in [2.75, 3.05) is 4.90 Å². The Hall–Kier alpha value is -7.85. The second-order valence-electron chi connectivity index (χ2n) is 18.4. The topological polar surface area (TPSA) is 8.17 Å². The van der Waals surface area contributed by atoms with Gasteiger partial charge >= 0.3 is 0 Å². The quantitative estimate of drug-likeness (QED) is 0.128. The molecule has 0 bridgehead atoms. The van der Waals surface area contributed by atoms with Crippen LogP contribution in [0, 0.1) is 13.8 Å². The Balaban J connectivity index is 0.941. The van der Waals surface area contributed by atoms with Crippen LogP contribution in [0.5, 0.6) is 0 Å². The molecule has 9 aromatic carbocycles. The molecule has 0 unspecified atom stereocenters. The second kappa shape index (κ2) is 17.4. The number of hydrogen-bond acceptors (Lipinski definition) is 2. The third kappa shape index (κ3) is 7.50. The third-order valence-corrected chi connectivity index (χ3v) is 15.2. The van der Waals surface area contributed by atoms with Gasteiger partial charge in [-0.05, 0) is 159 Å². The first-order chi connectivity index (χ1) is 33.2. The number of benzene rings is 9. The summed E-state index contributed by atoms with van der Waals surface area (Å²) >= 11 is 1.86. The molecule has 0 N–H and O–H groups in total. The molecule has 0 amide bonds. The van der Waals surface area contributed by atoms with E-state index in [1.807, 2.05) is 23.9 Å². The van der Waals surface area contributed by atoms with Crippen molar-refractivity contribution in [3.63, 3.8) is 0 Å². The van der Waals surface area contributed by atoms with E-state index in [1.165, 1.54) is 70.8 Å². The van der Waals surface area contributed by atoms with Gasteiger partial charge in [0.2, 0.25) is 0 Å². The van der Waals surface area contributed by atoms with Gasteiger partial charge in [-0.2, -0.15) is 0 Å². The summed E-state index contributed by atoms with van der Waals surface area (Å²) in [5.41, 5.74) is 22.5. The van der Waals surface area contributed by atoms with Crippen LogP contribution in [0.3, 0.4) is 0 Å². The lowest BCUT2D eigenvalue weighted by molar-refractivity contribution is 0.660. The second-order valence-corrected chi connectivity index (χ2v) is 19.5. The fourth-order valence-electron chi connectivity index (χ4n) is 10.2. The van der Waals surface area contributed by atoms with Crippen molar-refractivity contribution in [2.24, 2.45) is 0 Å². The highest BCUT2D eigenvalue weighted by atomic mass is 32.2. The third-order valence-electron chi connectivity index (χ3n) is 13.9. The fourth-order valence-corrected chi connectivity index (χ4v) is 11.2. The summed E-state index contributed by atoms with van der Waals surface area (Å²) in [6.07, 6.45) is 3.97. The molecule has 328 valence electrons. The Kier molecular flexibility index (Phi) is 11.0. The van der Waals surface area contributed by atoms with Crippen molar-refractivity contribution in [3.05, 3.63) is 253 Å². The van der Waals surface area contributed by atoms with Gasteiger partial charge in [-0.15, -0.1) is 0 Å². The van der Waals surface area contributed by atoms with Gasteiger partial charge in [0.15, 0.2) is 0 Å². The molecule has 3 heteroatoms. The van der Waals surface area contributed by atoms with Crippen molar-refractivity contribution in [2.45, 2.75) is 42.9 Å². The van der Waals surface area contributed by atoms with E-state index in [0.29, 0.717) is 0 Å². The first kappa shape index (κ1) is 42.8. The zero-order chi connectivity index (χ0) is 46.5. The molecule has 68 heavy (non-hydrogen) atoms. The molecule has 1 aliphatic rings. The molecule has 0 fully saturated rings.